The monoisotopic (exact) mass is 480 g/mol. The smallest absolute Gasteiger partial charge is 0.197 e. The number of nitrogens with zero attached hydrogens (tertiary/aromatic N) is 5. The predicted octanol–water partition coefficient (Wildman–Crippen LogP) is 4.82. The van der Waals surface area contributed by atoms with E-state index in [4.69, 9.17) is 14.5 Å². The summed E-state index contributed by atoms with van der Waals surface area (Å²) in [4.78, 5) is 17.0. The number of H-pyrrole nitrogens is 1. The Morgan fingerprint density at radius 3 is 2.71 bits per heavy atom. The number of methoxy groups -OCH3 is 1. The highest BCUT2D eigenvalue weighted by atomic mass is 32.1. The number of thiazole rings is 1. The van der Waals surface area contributed by atoms with Crippen LogP contribution >= 0.6 is 11.3 Å². The van der Waals surface area contributed by atoms with Crippen molar-refractivity contribution in [2.24, 2.45) is 0 Å². The van der Waals surface area contributed by atoms with Gasteiger partial charge >= 0.3 is 0 Å². The van der Waals surface area contributed by atoms with Gasteiger partial charge in [-0.2, -0.15) is 5.10 Å². The summed E-state index contributed by atoms with van der Waals surface area (Å²) in [5.41, 5.74) is 5.25. The van der Waals surface area contributed by atoms with E-state index in [1.807, 2.05) is 23.6 Å². The average molecular weight is 481 g/mol. The molecule has 180 valence electrons. The zero-order valence-electron chi connectivity index (χ0n) is 20.1. The van der Waals surface area contributed by atoms with Crippen molar-refractivity contribution >= 4 is 27.3 Å². The van der Waals surface area contributed by atoms with Gasteiger partial charge in [-0.25, -0.2) is 14.5 Å². The number of ether oxygens (including phenoxy) is 2. The quantitative estimate of drug-likeness (QED) is 0.441. The normalized spacial score (nSPS) is 22.2. The molecule has 0 atom stereocenters. The van der Waals surface area contributed by atoms with Crippen LogP contribution in [0.2, 0.25) is 0 Å². The number of aromatic nitrogens is 5. The summed E-state index contributed by atoms with van der Waals surface area (Å²) < 4.78 is 12.9. The second-order valence-corrected chi connectivity index (χ2v) is 10.8. The van der Waals surface area contributed by atoms with Crippen molar-refractivity contribution < 1.29 is 9.47 Å². The molecular formula is C25H32N6O2S. The third kappa shape index (κ3) is 3.79. The lowest BCUT2D eigenvalue weighted by Crippen LogP contribution is -2.44. The van der Waals surface area contributed by atoms with Gasteiger partial charge in [-0.1, -0.05) is 13.8 Å². The van der Waals surface area contributed by atoms with Gasteiger partial charge in [0.15, 0.2) is 11.4 Å². The van der Waals surface area contributed by atoms with Gasteiger partial charge in [-0.05, 0) is 37.7 Å². The molecular weight excluding hydrogens is 448 g/mol. The molecule has 1 aliphatic heterocycles. The van der Waals surface area contributed by atoms with E-state index in [0.29, 0.717) is 23.6 Å². The number of hydrogen-bond acceptors (Lipinski definition) is 7. The molecule has 0 bridgehead atoms. The van der Waals surface area contributed by atoms with Crippen molar-refractivity contribution in [3.05, 3.63) is 29.2 Å². The van der Waals surface area contributed by atoms with Gasteiger partial charge in [0.25, 0.3) is 0 Å². The van der Waals surface area contributed by atoms with Gasteiger partial charge in [0.1, 0.15) is 16.7 Å². The summed E-state index contributed by atoms with van der Waals surface area (Å²) in [5, 5.41) is 5.62. The molecule has 1 N–H and O–H groups in total. The van der Waals surface area contributed by atoms with Gasteiger partial charge in [0.05, 0.1) is 31.0 Å². The van der Waals surface area contributed by atoms with Crippen molar-refractivity contribution in [1.82, 2.24) is 29.5 Å². The van der Waals surface area contributed by atoms with E-state index in [1.54, 1.807) is 18.0 Å². The van der Waals surface area contributed by atoms with Crippen molar-refractivity contribution in [1.29, 1.82) is 0 Å². The van der Waals surface area contributed by atoms with Gasteiger partial charge in [-0.15, -0.1) is 11.3 Å². The highest BCUT2D eigenvalue weighted by Gasteiger charge is 2.30. The van der Waals surface area contributed by atoms with Crippen LogP contribution in [0.25, 0.3) is 27.3 Å². The van der Waals surface area contributed by atoms with E-state index in [1.165, 1.54) is 41.1 Å². The Kier molecular flexibility index (Phi) is 5.79. The minimum absolute atomic E-state index is 0.341. The summed E-state index contributed by atoms with van der Waals surface area (Å²) in [6, 6.07) is 2.75. The van der Waals surface area contributed by atoms with Crippen molar-refractivity contribution in [3.8, 4) is 17.0 Å². The fourth-order valence-corrected chi connectivity index (χ4v) is 6.83. The largest absolute Gasteiger partial charge is 0.493 e. The molecule has 4 aromatic heterocycles. The first kappa shape index (κ1) is 22.0. The summed E-state index contributed by atoms with van der Waals surface area (Å²) in [7, 11) is 1.67. The minimum atomic E-state index is 0.341. The molecule has 5 heterocycles. The Morgan fingerprint density at radius 2 is 1.97 bits per heavy atom. The molecule has 1 saturated carbocycles. The van der Waals surface area contributed by atoms with E-state index in [2.05, 4.69) is 33.8 Å². The molecule has 1 saturated heterocycles. The van der Waals surface area contributed by atoms with Crippen LogP contribution in [0, 0.1) is 0 Å². The fourth-order valence-electron chi connectivity index (χ4n) is 5.68. The third-order valence-corrected chi connectivity index (χ3v) is 8.58. The maximum absolute atomic E-state index is 5.59. The van der Waals surface area contributed by atoms with Crippen molar-refractivity contribution in [3.63, 3.8) is 0 Å². The molecule has 0 spiro atoms. The maximum atomic E-state index is 5.59. The summed E-state index contributed by atoms with van der Waals surface area (Å²) >= 11 is 1.84. The number of morpholine rings is 1. The Labute approximate surface area is 203 Å². The molecule has 0 radical (unpaired) electrons. The van der Waals surface area contributed by atoms with Crippen LogP contribution in [-0.4, -0.2) is 68.9 Å². The predicted molar refractivity (Wildman–Crippen MR) is 134 cm³/mol. The molecule has 8 nitrogen and oxygen atoms in total. The second kappa shape index (κ2) is 8.94. The summed E-state index contributed by atoms with van der Waals surface area (Å²) in [6.07, 6.45) is 8.54. The van der Waals surface area contributed by atoms with Crippen molar-refractivity contribution in [2.45, 2.75) is 57.4 Å². The molecule has 2 aliphatic rings. The molecule has 0 aromatic carbocycles. The molecule has 0 unspecified atom stereocenters. The molecule has 34 heavy (non-hydrogen) atoms. The van der Waals surface area contributed by atoms with Crippen LogP contribution in [0.3, 0.4) is 0 Å². The lowest BCUT2D eigenvalue weighted by Gasteiger charge is -2.38. The Morgan fingerprint density at radius 1 is 1.18 bits per heavy atom. The van der Waals surface area contributed by atoms with E-state index in [9.17, 15) is 0 Å². The number of aromatic amines is 1. The Bertz CT molecular complexity index is 1290. The topological polar surface area (TPSA) is 80.6 Å². The van der Waals surface area contributed by atoms with Crippen LogP contribution in [0.15, 0.2) is 18.6 Å². The summed E-state index contributed by atoms with van der Waals surface area (Å²) in [6.45, 7) is 8.41. The number of hydrogen-bond donors (Lipinski definition) is 1. The number of pyridine rings is 1. The highest BCUT2D eigenvalue weighted by molar-refractivity contribution is 7.18. The molecule has 0 amide bonds. The number of rotatable bonds is 5. The van der Waals surface area contributed by atoms with Gasteiger partial charge in [0.2, 0.25) is 0 Å². The van der Waals surface area contributed by atoms with Crippen LogP contribution < -0.4 is 4.74 Å². The lowest BCUT2D eigenvalue weighted by molar-refractivity contribution is 0.00729. The van der Waals surface area contributed by atoms with Crippen molar-refractivity contribution in [2.75, 3.05) is 33.4 Å². The minimum Gasteiger partial charge on any atom is -0.493 e. The fraction of sp³-hybridized carbons (Fsp3) is 0.560. The number of nitrogens with one attached hydrogen (secondary N) is 1. The van der Waals surface area contributed by atoms with Crippen LogP contribution in [0.5, 0.6) is 5.75 Å². The number of fused-ring (bicyclic) bond motifs is 2. The van der Waals surface area contributed by atoms with E-state index >= 15 is 0 Å². The average Bonchev–Trinajstić information content (AvgIpc) is 3.58. The Hall–Kier alpha value is -2.49. The van der Waals surface area contributed by atoms with E-state index < -0.39 is 0 Å². The molecule has 1 aliphatic carbocycles. The molecule has 4 aromatic rings. The standard InChI is InChI=1S/C25H32N6O2S/c1-15(2)20-21(17-12-19(32-3)23-26-14-27-31(23)13-17)28-25-22(20)29-24(34-25)16-4-6-18(7-5-16)30-8-10-33-11-9-30/h12-16,18,28H,4-11H2,1-3H3. The molecule has 2 fully saturated rings. The SMILES string of the molecule is COc1cc(-c2[nH]c3sc(C4CCC(N5CCOCC5)CC4)nc3c2C(C)C)cn2ncnc12. The van der Waals surface area contributed by atoms with Gasteiger partial charge < -0.3 is 14.5 Å². The molecule has 6 rings (SSSR count). The first-order valence-electron chi connectivity index (χ1n) is 12.3. The van der Waals surface area contributed by atoms with Gasteiger partial charge in [0, 0.05) is 42.4 Å². The van der Waals surface area contributed by atoms with E-state index in [-0.39, 0.29) is 0 Å². The maximum Gasteiger partial charge on any atom is 0.197 e. The lowest BCUT2D eigenvalue weighted by atomic mass is 9.85. The zero-order chi connectivity index (χ0) is 23.2. The molecule has 9 heteroatoms. The summed E-state index contributed by atoms with van der Waals surface area (Å²) in [5.74, 6) is 1.62. The highest BCUT2D eigenvalue weighted by Crippen LogP contribution is 2.43. The van der Waals surface area contributed by atoms with Crippen LogP contribution in [-0.2, 0) is 4.74 Å². The van der Waals surface area contributed by atoms with E-state index in [0.717, 1.165) is 48.7 Å². The third-order valence-electron chi connectivity index (χ3n) is 7.44. The Balaban J connectivity index is 1.29. The zero-order valence-corrected chi connectivity index (χ0v) is 20.9. The first-order valence-corrected chi connectivity index (χ1v) is 13.2. The van der Waals surface area contributed by atoms with Crippen LogP contribution in [0.1, 0.15) is 61.9 Å². The van der Waals surface area contributed by atoms with Gasteiger partial charge in [-0.3, -0.25) is 4.90 Å². The second-order valence-electron chi connectivity index (χ2n) is 9.78. The van der Waals surface area contributed by atoms with Crippen LogP contribution in [0.4, 0.5) is 0 Å². The first-order chi connectivity index (χ1) is 16.6.